The van der Waals surface area contributed by atoms with Crippen LogP contribution in [0.4, 0.5) is 13.2 Å². The van der Waals surface area contributed by atoms with E-state index < -0.39 is 29.8 Å². The summed E-state index contributed by atoms with van der Waals surface area (Å²) < 4.78 is 38.1. The molecule has 20 heavy (non-hydrogen) atoms. The number of carbonyl (C=O) groups excluding carboxylic acids is 1. The number of hydrogen-bond donors (Lipinski definition) is 2. The molecule has 3 nitrogen and oxygen atoms in total. The van der Waals surface area contributed by atoms with E-state index in [9.17, 15) is 23.1 Å². The van der Waals surface area contributed by atoms with Crippen LogP contribution in [-0.2, 0) is 11.0 Å². The number of aliphatic hydroxyl groups excluding tert-OH is 1. The third-order valence-electron chi connectivity index (χ3n) is 3.34. The van der Waals surface area contributed by atoms with Crippen LogP contribution in [0.25, 0.3) is 0 Å². The van der Waals surface area contributed by atoms with Crippen LogP contribution in [0, 0.1) is 5.92 Å². The van der Waals surface area contributed by atoms with Gasteiger partial charge in [0, 0.05) is 0 Å². The summed E-state index contributed by atoms with van der Waals surface area (Å²) in [4.78, 5) is 11.6. The van der Waals surface area contributed by atoms with Crippen LogP contribution in [0.5, 0.6) is 0 Å². The predicted octanol–water partition coefficient (Wildman–Crippen LogP) is 2.65. The average Bonchev–Trinajstić information content (AvgIpc) is 3.18. The summed E-state index contributed by atoms with van der Waals surface area (Å²) in [6, 6.07) is 4.50. The van der Waals surface area contributed by atoms with Crippen molar-refractivity contribution in [1.29, 1.82) is 0 Å². The first-order chi connectivity index (χ1) is 9.29. The molecule has 0 saturated heterocycles. The lowest BCUT2D eigenvalue weighted by Crippen LogP contribution is -2.36. The van der Waals surface area contributed by atoms with E-state index in [1.54, 1.807) is 6.07 Å². The second kappa shape index (κ2) is 5.44. The number of rotatable bonds is 4. The van der Waals surface area contributed by atoms with Crippen LogP contribution in [0.3, 0.4) is 0 Å². The second-order valence-corrected chi connectivity index (χ2v) is 5.12. The Morgan fingerprint density at radius 2 is 2.05 bits per heavy atom. The van der Waals surface area contributed by atoms with Crippen LogP contribution < -0.4 is 5.32 Å². The minimum Gasteiger partial charge on any atom is -0.384 e. The lowest BCUT2D eigenvalue weighted by molar-refractivity contribution is -0.137. The smallest absolute Gasteiger partial charge is 0.384 e. The molecular weight excluding hydrogens is 271 g/mol. The van der Waals surface area contributed by atoms with Gasteiger partial charge in [0.05, 0.1) is 11.6 Å². The van der Waals surface area contributed by atoms with E-state index in [1.165, 1.54) is 13.0 Å². The molecule has 6 heteroatoms. The maximum Gasteiger partial charge on any atom is 0.416 e. The molecule has 0 heterocycles. The monoisotopic (exact) mass is 287 g/mol. The summed E-state index contributed by atoms with van der Waals surface area (Å²) in [5.74, 6) is -0.430. The van der Waals surface area contributed by atoms with Crippen molar-refractivity contribution in [2.45, 2.75) is 38.1 Å². The molecule has 1 fully saturated rings. The summed E-state index contributed by atoms with van der Waals surface area (Å²) in [6.07, 6.45) is -3.86. The zero-order valence-electron chi connectivity index (χ0n) is 10.9. The highest BCUT2D eigenvalue weighted by molar-refractivity contribution is 5.80. The topological polar surface area (TPSA) is 49.3 Å². The molecule has 1 aliphatic rings. The molecule has 0 radical (unpaired) electrons. The second-order valence-electron chi connectivity index (χ2n) is 5.12. The largest absolute Gasteiger partial charge is 0.416 e. The number of halogens is 3. The van der Waals surface area contributed by atoms with E-state index in [0.29, 0.717) is 5.56 Å². The highest BCUT2D eigenvalue weighted by Gasteiger charge is 2.36. The fraction of sp³-hybridized carbons (Fsp3) is 0.500. The first-order valence-corrected chi connectivity index (χ1v) is 6.44. The first-order valence-electron chi connectivity index (χ1n) is 6.44. The van der Waals surface area contributed by atoms with Crippen molar-refractivity contribution in [2.75, 3.05) is 0 Å². The van der Waals surface area contributed by atoms with Gasteiger partial charge in [-0.3, -0.25) is 4.79 Å². The SMILES string of the molecule is CC(O)C(=O)NC(c1cccc(C(F)(F)F)c1)C1CC1. The van der Waals surface area contributed by atoms with Crippen LogP contribution in [-0.4, -0.2) is 17.1 Å². The van der Waals surface area contributed by atoms with Crippen molar-refractivity contribution < 1.29 is 23.1 Å². The van der Waals surface area contributed by atoms with Gasteiger partial charge >= 0.3 is 6.18 Å². The van der Waals surface area contributed by atoms with Crippen LogP contribution in [0.1, 0.15) is 36.9 Å². The average molecular weight is 287 g/mol. The molecule has 2 rings (SSSR count). The number of benzene rings is 1. The molecule has 110 valence electrons. The summed E-state index contributed by atoms with van der Waals surface area (Å²) in [6.45, 7) is 1.32. The Hall–Kier alpha value is -1.56. The fourth-order valence-electron chi connectivity index (χ4n) is 2.09. The zero-order valence-corrected chi connectivity index (χ0v) is 10.9. The van der Waals surface area contributed by atoms with Gasteiger partial charge in [0.2, 0.25) is 5.91 Å². The van der Waals surface area contributed by atoms with Crippen molar-refractivity contribution in [1.82, 2.24) is 5.32 Å². The molecule has 2 atom stereocenters. The molecule has 1 saturated carbocycles. The van der Waals surface area contributed by atoms with Gasteiger partial charge in [-0.1, -0.05) is 12.1 Å². The fourth-order valence-corrected chi connectivity index (χ4v) is 2.09. The Morgan fingerprint density at radius 1 is 1.40 bits per heavy atom. The minimum absolute atomic E-state index is 0.140. The van der Waals surface area contributed by atoms with Crippen molar-refractivity contribution in [2.24, 2.45) is 5.92 Å². The Morgan fingerprint density at radius 3 is 2.55 bits per heavy atom. The normalized spacial score (nSPS) is 18.4. The van der Waals surface area contributed by atoms with E-state index in [0.717, 1.165) is 25.0 Å². The number of nitrogens with one attached hydrogen (secondary N) is 1. The van der Waals surface area contributed by atoms with Gasteiger partial charge in [0.1, 0.15) is 6.10 Å². The molecule has 0 spiro atoms. The number of alkyl halides is 3. The minimum atomic E-state index is -4.40. The summed E-state index contributed by atoms with van der Waals surface area (Å²) in [7, 11) is 0. The molecule has 0 bridgehead atoms. The standard InChI is InChI=1S/C14H16F3NO2/c1-8(19)13(20)18-12(9-5-6-9)10-3-2-4-11(7-10)14(15,16)17/h2-4,7-9,12,19H,5-6H2,1H3,(H,18,20). The number of carbonyl (C=O) groups is 1. The van der Waals surface area contributed by atoms with Crippen LogP contribution >= 0.6 is 0 Å². The van der Waals surface area contributed by atoms with Gasteiger partial charge in [0.25, 0.3) is 0 Å². The van der Waals surface area contributed by atoms with Gasteiger partial charge in [-0.2, -0.15) is 13.2 Å². The van der Waals surface area contributed by atoms with Crippen LogP contribution in [0.2, 0.25) is 0 Å². The number of amides is 1. The summed E-state index contributed by atoms with van der Waals surface area (Å²) in [5, 5.41) is 11.8. The van der Waals surface area contributed by atoms with Gasteiger partial charge in [-0.05, 0) is 43.4 Å². The van der Waals surface area contributed by atoms with Gasteiger partial charge in [-0.15, -0.1) is 0 Å². The van der Waals surface area contributed by atoms with Crippen molar-refractivity contribution >= 4 is 5.91 Å². The third-order valence-corrected chi connectivity index (χ3v) is 3.34. The Bertz CT molecular complexity index is 495. The van der Waals surface area contributed by atoms with Crippen molar-refractivity contribution in [3.63, 3.8) is 0 Å². The molecule has 2 N–H and O–H groups in total. The highest BCUT2D eigenvalue weighted by atomic mass is 19.4. The molecule has 2 unspecified atom stereocenters. The number of aliphatic hydroxyl groups is 1. The quantitative estimate of drug-likeness (QED) is 0.894. The molecule has 0 aromatic heterocycles. The van der Waals surface area contributed by atoms with E-state index in [-0.39, 0.29) is 5.92 Å². The van der Waals surface area contributed by atoms with E-state index in [4.69, 9.17) is 0 Å². The molecular formula is C14H16F3NO2. The maximum absolute atomic E-state index is 12.7. The Labute approximate surface area is 114 Å². The first kappa shape index (κ1) is 14.8. The maximum atomic E-state index is 12.7. The Kier molecular flexibility index (Phi) is 4.04. The summed E-state index contributed by atoms with van der Waals surface area (Å²) >= 11 is 0. The van der Waals surface area contributed by atoms with Crippen molar-refractivity contribution in [3.8, 4) is 0 Å². The summed E-state index contributed by atoms with van der Waals surface area (Å²) in [5.41, 5.74) is -0.303. The third kappa shape index (κ3) is 3.50. The van der Waals surface area contributed by atoms with Gasteiger partial charge in [-0.25, -0.2) is 0 Å². The van der Waals surface area contributed by atoms with Crippen LogP contribution in [0.15, 0.2) is 24.3 Å². The van der Waals surface area contributed by atoms with E-state index >= 15 is 0 Å². The van der Waals surface area contributed by atoms with Crippen molar-refractivity contribution in [3.05, 3.63) is 35.4 Å². The lowest BCUT2D eigenvalue weighted by Gasteiger charge is -2.21. The molecule has 1 aromatic carbocycles. The van der Waals surface area contributed by atoms with E-state index in [1.807, 2.05) is 0 Å². The lowest BCUT2D eigenvalue weighted by atomic mass is 9.99. The Balaban J connectivity index is 2.24. The highest BCUT2D eigenvalue weighted by Crippen LogP contribution is 2.42. The molecule has 1 aliphatic carbocycles. The van der Waals surface area contributed by atoms with E-state index in [2.05, 4.69) is 5.32 Å². The molecule has 1 aromatic rings. The van der Waals surface area contributed by atoms with Gasteiger partial charge < -0.3 is 10.4 Å². The molecule has 1 amide bonds. The predicted molar refractivity (Wildman–Crippen MR) is 66.7 cm³/mol. The zero-order chi connectivity index (χ0) is 14.9. The van der Waals surface area contributed by atoms with Gasteiger partial charge in [0.15, 0.2) is 0 Å². The molecule has 0 aliphatic heterocycles. The number of hydrogen-bond acceptors (Lipinski definition) is 2.